The molecule has 1 amide bonds. The van der Waals surface area contributed by atoms with E-state index < -0.39 is 5.41 Å². The van der Waals surface area contributed by atoms with Gasteiger partial charge in [-0.05, 0) is 12.3 Å². The van der Waals surface area contributed by atoms with Crippen molar-refractivity contribution < 1.29 is 4.79 Å². The SMILES string of the molecule is CC(C)CC(C#N)NC(=O)C(C)(C)C. The van der Waals surface area contributed by atoms with Crippen LogP contribution in [0, 0.1) is 22.7 Å². The summed E-state index contributed by atoms with van der Waals surface area (Å²) < 4.78 is 0. The second-order valence-corrected chi connectivity index (χ2v) is 5.03. The van der Waals surface area contributed by atoms with Crippen LogP contribution in [0.25, 0.3) is 0 Å². The van der Waals surface area contributed by atoms with Crippen LogP contribution in [-0.2, 0) is 4.79 Å². The van der Waals surface area contributed by atoms with Gasteiger partial charge in [-0.25, -0.2) is 0 Å². The zero-order chi connectivity index (χ0) is 11.4. The Hall–Kier alpha value is -1.04. The molecule has 14 heavy (non-hydrogen) atoms. The van der Waals surface area contributed by atoms with Crippen LogP contribution in [0.3, 0.4) is 0 Å². The molecule has 0 aromatic carbocycles. The van der Waals surface area contributed by atoms with Crippen molar-refractivity contribution in [2.75, 3.05) is 0 Å². The van der Waals surface area contributed by atoms with Gasteiger partial charge in [0.1, 0.15) is 6.04 Å². The fourth-order valence-corrected chi connectivity index (χ4v) is 0.990. The van der Waals surface area contributed by atoms with E-state index in [4.69, 9.17) is 5.26 Å². The quantitative estimate of drug-likeness (QED) is 0.751. The van der Waals surface area contributed by atoms with Gasteiger partial charge in [-0.3, -0.25) is 4.79 Å². The van der Waals surface area contributed by atoms with Gasteiger partial charge in [0.05, 0.1) is 6.07 Å². The molecule has 0 saturated heterocycles. The lowest BCUT2D eigenvalue weighted by Crippen LogP contribution is -2.41. The highest BCUT2D eigenvalue weighted by atomic mass is 16.2. The van der Waals surface area contributed by atoms with Crippen LogP contribution in [0.1, 0.15) is 41.0 Å². The molecule has 0 fully saturated rings. The second-order valence-electron chi connectivity index (χ2n) is 5.03. The van der Waals surface area contributed by atoms with E-state index in [2.05, 4.69) is 11.4 Å². The Morgan fingerprint density at radius 1 is 1.43 bits per heavy atom. The number of hydrogen-bond donors (Lipinski definition) is 1. The zero-order valence-corrected chi connectivity index (χ0v) is 9.72. The molecular formula is C11H20N2O. The van der Waals surface area contributed by atoms with Gasteiger partial charge in [0.25, 0.3) is 0 Å². The molecule has 0 aliphatic heterocycles. The van der Waals surface area contributed by atoms with Gasteiger partial charge >= 0.3 is 0 Å². The molecule has 0 heterocycles. The van der Waals surface area contributed by atoms with Gasteiger partial charge in [0.2, 0.25) is 5.91 Å². The van der Waals surface area contributed by atoms with Gasteiger partial charge in [-0.2, -0.15) is 5.26 Å². The average Bonchev–Trinajstić information content (AvgIpc) is 2.00. The molecule has 0 bridgehead atoms. The Kier molecular flexibility index (Phi) is 4.62. The number of nitrogens with zero attached hydrogens (tertiary/aromatic N) is 1. The van der Waals surface area contributed by atoms with Gasteiger partial charge < -0.3 is 5.32 Å². The second kappa shape index (κ2) is 4.99. The molecule has 1 unspecified atom stereocenters. The van der Waals surface area contributed by atoms with Crippen molar-refractivity contribution in [3.05, 3.63) is 0 Å². The van der Waals surface area contributed by atoms with Crippen molar-refractivity contribution in [2.24, 2.45) is 11.3 Å². The monoisotopic (exact) mass is 196 g/mol. The maximum atomic E-state index is 11.6. The third kappa shape index (κ3) is 4.86. The molecule has 1 N–H and O–H groups in total. The minimum Gasteiger partial charge on any atom is -0.340 e. The first kappa shape index (κ1) is 13.0. The Morgan fingerprint density at radius 2 is 1.93 bits per heavy atom. The van der Waals surface area contributed by atoms with Crippen LogP contribution in [0.15, 0.2) is 0 Å². The molecule has 3 nitrogen and oxygen atoms in total. The van der Waals surface area contributed by atoms with Crippen LogP contribution in [0.2, 0.25) is 0 Å². The number of hydrogen-bond acceptors (Lipinski definition) is 2. The van der Waals surface area contributed by atoms with E-state index in [-0.39, 0.29) is 11.9 Å². The minimum absolute atomic E-state index is 0.0651. The van der Waals surface area contributed by atoms with E-state index in [1.807, 2.05) is 34.6 Å². The topological polar surface area (TPSA) is 52.9 Å². The predicted molar refractivity (Wildman–Crippen MR) is 56.5 cm³/mol. The number of carbonyl (C=O) groups excluding carboxylic acids is 1. The molecule has 0 rings (SSSR count). The van der Waals surface area contributed by atoms with E-state index >= 15 is 0 Å². The first-order chi connectivity index (χ1) is 6.27. The van der Waals surface area contributed by atoms with Crippen molar-refractivity contribution in [3.8, 4) is 6.07 Å². The molecule has 0 spiro atoms. The van der Waals surface area contributed by atoms with Crippen LogP contribution in [0.5, 0.6) is 0 Å². The summed E-state index contributed by atoms with van der Waals surface area (Å²) in [6.07, 6.45) is 0.707. The Labute approximate surface area is 86.5 Å². The lowest BCUT2D eigenvalue weighted by atomic mass is 9.94. The number of nitrogens with one attached hydrogen (secondary N) is 1. The number of rotatable bonds is 3. The average molecular weight is 196 g/mol. The van der Waals surface area contributed by atoms with E-state index in [0.717, 1.165) is 0 Å². The lowest BCUT2D eigenvalue weighted by Gasteiger charge is -2.21. The van der Waals surface area contributed by atoms with Gasteiger partial charge in [-0.1, -0.05) is 34.6 Å². The molecule has 0 aliphatic rings. The molecule has 0 radical (unpaired) electrons. The standard InChI is InChI=1S/C11H20N2O/c1-8(2)6-9(7-12)13-10(14)11(3,4)5/h8-9H,6H2,1-5H3,(H,13,14). The van der Waals surface area contributed by atoms with Gasteiger partial charge in [0, 0.05) is 5.41 Å². The molecule has 3 heteroatoms. The Morgan fingerprint density at radius 3 is 2.21 bits per heavy atom. The molecular weight excluding hydrogens is 176 g/mol. The molecule has 0 aromatic heterocycles. The fraction of sp³-hybridized carbons (Fsp3) is 0.818. The fourth-order valence-electron chi connectivity index (χ4n) is 0.990. The Balaban J connectivity index is 4.22. The van der Waals surface area contributed by atoms with E-state index in [0.29, 0.717) is 12.3 Å². The molecule has 0 aliphatic carbocycles. The summed E-state index contributed by atoms with van der Waals surface area (Å²) in [7, 11) is 0. The van der Waals surface area contributed by atoms with E-state index in [1.54, 1.807) is 0 Å². The van der Waals surface area contributed by atoms with Crippen LogP contribution in [-0.4, -0.2) is 11.9 Å². The highest BCUT2D eigenvalue weighted by Gasteiger charge is 2.24. The number of carbonyl (C=O) groups is 1. The summed E-state index contributed by atoms with van der Waals surface area (Å²) in [5.41, 5.74) is -0.425. The first-order valence-corrected chi connectivity index (χ1v) is 4.98. The first-order valence-electron chi connectivity index (χ1n) is 4.98. The summed E-state index contributed by atoms with van der Waals surface area (Å²) in [6.45, 7) is 9.59. The van der Waals surface area contributed by atoms with Gasteiger partial charge in [-0.15, -0.1) is 0 Å². The van der Waals surface area contributed by atoms with E-state index in [9.17, 15) is 4.79 Å². The van der Waals surface area contributed by atoms with Crippen LogP contribution >= 0.6 is 0 Å². The van der Waals surface area contributed by atoms with Crippen molar-refractivity contribution in [1.82, 2.24) is 5.32 Å². The summed E-state index contributed by atoms with van der Waals surface area (Å²) in [5.74, 6) is 0.351. The molecule has 80 valence electrons. The number of nitriles is 1. The maximum absolute atomic E-state index is 11.6. The number of amides is 1. The summed E-state index contributed by atoms with van der Waals surface area (Å²) in [4.78, 5) is 11.6. The van der Waals surface area contributed by atoms with Crippen molar-refractivity contribution in [3.63, 3.8) is 0 Å². The van der Waals surface area contributed by atoms with E-state index in [1.165, 1.54) is 0 Å². The lowest BCUT2D eigenvalue weighted by molar-refractivity contribution is -0.128. The predicted octanol–water partition coefficient (Wildman–Crippen LogP) is 2.09. The maximum Gasteiger partial charge on any atom is 0.226 e. The molecule has 0 aromatic rings. The van der Waals surface area contributed by atoms with Crippen molar-refractivity contribution in [2.45, 2.75) is 47.1 Å². The third-order valence-electron chi connectivity index (χ3n) is 1.85. The molecule has 0 saturated carbocycles. The Bertz CT molecular complexity index is 233. The largest absolute Gasteiger partial charge is 0.340 e. The summed E-state index contributed by atoms with van der Waals surface area (Å²) >= 11 is 0. The highest BCUT2D eigenvalue weighted by Crippen LogP contribution is 2.14. The summed E-state index contributed by atoms with van der Waals surface area (Å²) in [6, 6.07) is 1.74. The minimum atomic E-state index is -0.425. The normalized spacial score (nSPS) is 13.5. The smallest absolute Gasteiger partial charge is 0.226 e. The van der Waals surface area contributed by atoms with Crippen LogP contribution in [0.4, 0.5) is 0 Å². The van der Waals surface area contributed by atoms with Gasteiger partial charge in [0.15, 0.2) is 0 Å². The molecule has 1 atom stereocenters. The zero-order valence-electron chi connectivity index (χ0n) is 9.72. The highest BCUT2D eigenvalue weighted by molar-refractivity contribution is 5.81. The van der Waals surface area contributed by atoms with Crippen molar-refractivity contribution >= 4 is 5.91 Å². The summed E-state index contributed by atoms with van der Waals surface area (Å²) in [5, 5.41) is 11.6. The third-order valence-corrected chi connectivity index (χ3v) is 1.85. The van der Waals surface area contributed by atoms with Crippen molar-refractivity contribution in [1.29, 1.82) is 5.26 Å². The van der Waals surface area contributed by atoms with Crippen LogP contribution < -0.4 is 5.32 Å².